The van der Waals surface area contributed by atoms with E-state index in [0.717, 1.165) is 4.90 Å². The Bertz CT molecular complexity index is 956. The molecule has 0 spiro atoms. The van der Waals surface area contributed by atoms with E-state index in [9.17, 15) is 35.9 Å². The molecule has 0 aliphatic carbocycles. The van der Waals surface area contributed by atoms with E-state index in [0.29, 0.717) is 38.4 Å². The van der Waals surface area contributed by atoms with Gasteiger partial charge in [0.05, 0.1) is 24.3 Å². The molecule has 2 aromatic rings. The van der Waals surface area contributed by atoms with Crippen LogP contribution < -0.4 is 5.32 Å². The molecule has 1 aliphatic rings. The largest absolute Gasteiger partial charge is 0.416 e. The van der Waals surface area contributed by atoms with Crippen molar-refractivity contribution in [3.63, 3.8) is 0 Å². The predicted octanol–water partition coefficient (Wildman–Crippen LogP) is 3.13. The molecule has 1 N–H and O–H groups in total. The molecule has 0 unspecified atom stereocenters. The van der Waals surface area contributed by atoms with Crippen LogP contribution in [-0.2, 0) is 21.9 Å². The van der Waals surface area contributed by atoms with Gasteiger partial charge >= 0.3 is 12.4 Å². The minimum atomic E-state index is -5.11. The Morgan fingerprint density at radius 2 is 1.65 bits per heavy atom. The monoisotopic (exact) mass is 494 g/mol. The van der Waals surface area contributed by atoms with Crippen molar-refractivity contribution in [3.05, 3.63) is 47.2 Å². The van der Waals surface area contributed by atoms with Crippen LogP contribution in [0.1, 0.15) is 21.5 Å². The van der Waals surface area contributed by atoms with Crippen molar-refractivity contribution in [1.29, 1.82) is 0 Å². The van der Waals surface area contributed by atoms with Crippen LogP contribution in [0.3, 0.4) is 0 Å². The number of hydrogen-bond acceptors (Lipinski definition) is 6. The van der Waals surface area contributed by atoms with E-state index in [-0.39, 0.29) is 25.0 Å². The molecule has 0 bridgehead atoms. The average Bonchev–Trinajstić information content (AvgIpc) is 3.28. The Labute approximate surface area is 189 Å². The van der Waals surface area contributed by atoms with E-state index in [4.69, 9.17) is 4.74 Å². The minimum absolute atomic E-state index is 0.0315. The number of halogens is 6. The molecule has 0 atom stereocenters. The summed E-state index contributed by atoms with van der Waals surface area (Å²) in [6.45, 7) is 1.39. The number of benzene rings is 1. The number of amides is 2. The van der Waals surface area contributed by atoms with E-state index in [2.05, 4.69) is 15.0 Å². The third kappa shape index (κ3) is 6.93. The van der Waals surface area contributed by atoms with Crippen LogP contribution in [0, 0.1) is 0 Å². The van der Waals surface area contributed by atoms with Gasteiger partial charge in [-0.2, -0.15) is 26.3 Å². The van der Waals surface area contributed by atoms with Gasteiger partial charge in [0, 0.05) is 37.8 Å². The maximum Gasteiger partial charge on any atom is 0.416 e. The van der Waals surface area contributed by atoms with Crippen LogP contribution in [-0.4, -0.2) is 72.7 Å². The third-order valence-electron chi connectivity index (χ3n) is 4.95. The Morgan fingerprint density at radius 1 is 1.03 bits per heavy atom. The standard InChI is InChI=1S/C20H20F6N4O4/c21-19(22,23)14-9-13(10-15(11-14)20(24,25)26)18(32)30(3-2-29-4-7-33-8-5-29)12-17(31)27-16-1-6-34-28-16/h1,6,9-11H,2-5,7-8,12H2,(H,27,28,31). The van der Waals surface area contributed by atoms with Crippen LogP contribution in [0.5, 0.6) is 0 Å². The lowest BCUT2D eigenvalue weighted by Crippen LogP contribution is -2.45. The second-order valence-corrected chi connectivity index (χ2v) is 7.41. The summed E-state index contributed by atoms with van der Waals surface area (Å²) in [4.78, 5) is 28.2. The smallest absolute Gasteiger partial charge is 0.379 e. The summed E-state index contributed by atoms with van der Waals surface area (Å²) in [7, 11) is 0. The predicted molar refractivity (Wildman–Crippen MR) is 105 cm³/mol. The van der Waals surface area contributed by atoms with Crippen molar-refractivity contribution in [2.75, 3.05) is 51.3 Å². The Morgan fingerprint density at radius 3 is 2.18 bits per heavy atom. The number of carbonyl (C=O) groups excluding carboxylic acids is 2. The van der Waals surface area contributed by atoms with Crippen molar-refractivity contribution in [2.24, 2.45) is 0 Å². The SMILES string of the molecule is O=C(CN(CCN1CCOCC1)C(=O)c1cc(C(F)(F)F)cc(C(F)(F)F)c1)Nc1ccon1. The molecule has 1 fully saturated rings. The number of alkyl halides is 6. The van der Waals surface area contributed by atoms with Gasteiger partial charge in [0.25, 0.3) is 5.91 Å². The van der Waals surface area contributed by atoms with E-state index in [1.165, 1.54) is 12.3 Å². The maximum absolute atomic E-state index is 13.2. The van der Waals surface area contributed by atoms with Crippen LogP contribution >= 0.6 is 0 Å². The summed E-state index contributed by atoms with van der Waals surface area (Å²) in [6, 6.07) is 1.94. The quantitative estimate of drug-likeness (QED) is 0.596. The van der Waals surface area contributed by atoms with E-state index < -0.39 is 47.4 Å². The molecule has 2 amide bonds. The molecular weight excluding hydrogens is 474 g/mol. The van der Waals surface area contributed by atoms with Gasteiger partial charge < -0.3 is 19.5 Å². The average molecular weight is 494 g/mol. The molecule has 186 valence electrons. The zero-order valence-electron chi connectivity index (χ0n) is 17.6. The fourth-order valence-corrected chi connectivity index (χ4v) is 3.23. The van der Waals surface area contributed by atoms with Gasteiger partial charge in [-0.3, -0.25) is 14.5 Å². The molecule has 1 aromatic heterocycles. The minimum Gasteiger partial charge on any atom is -0.379 e. The second-order valence-electron chi connectivity index (χ2n) is 7.41. The van der Waals surface area contributed by atoms with Crippen molar-refractivity contribution in [2.45, 2.75) is 12.4 Å². The first-order valence-electron chi connectivity index (χ1n) is 10.0. The zero-order chi connectivity index (χ0) is 24.9. The highest BCUT2D eigenvalue weighted by atomic mass is 19.4. The molecule has 34 heavy (non-hydrogen) atoms. The summed E-state index contributed by atoms with van der Waals surface area (Å²) >= 11 is 0. The number of carbonyl (C=O) groups is 2. The number of hydrogen-bond donors (Lipinski definition) is 1. The molecule has 1 aliphatic heterocycles. The number of aromatic nitrogens is 1. The van der Waals surface area contributed by atoms with E-state index >= 15 is 0 Å². The molecule has 3 rings (SSSR count). The highest BCUT2D eigenvalue weighted by Crippen LogP contribution is 2.36. The third-order valence-corrected chi connectivity index (χ3v) is 4.95. The maximum atomic E-state index is 13.2. The van der Waals surface area contributed by atoms with Crippen molar-refractivity contribution >= 4 is 17.6 Å². The number of rotatable bonds is 7. The van der Waals surface area contributed by atoms with Crippen molar-refractivity contribution in [3.8, 4) is 0 Å². The van der Waals surface area contributed by atoms with E-state index in [1.807, 2.05) is 4.90 Å². The second kappa shape index (κ2) is 10.4. The van der Waals surface area contributed by atoms with Crippen LogP contribution in [0.2, 0.25) is 0 Å². The lowest BCUT2D eigenvalue weighted by atomic mass is 10.0. The van der Waals surface area contributed by atoms with E-state index in [1.54, 1.807) is 0 Å². The van der Waals surface area contributed by atoms with Gasteiger partial charge in [0.2, 0.25) is 5.91 Å². The fourth-order valence-electron chi connectivity index (χ4n) is 3.23. The van der Waals surface area contributed by atoms with Gasteiger partial charge in [0.15, 0.2) is 5.82 Å². The molecule has 14 heteroatoms. The molecule has 0 saturated carbocycles. The van der Waals surface area contributed by atoms with Crippen LogP contribution in [0.25, 0.3) is 0 Å². The normalized spacial score (nSPS) is 15.2. The molecule has 2 heterocycles. The first-order chi connectivity index (χ1) is 15.9. The number of nitrogens with zero attached hydrogens (tertiary/aromatic N) is 3. The molecule has 8 nitrogen and oxygen atoms in total. The summed E-state index contributed by atoms with van der Waals surface area (Å²) in [5.41, 5.74) is -4.07. The highest BCUT2D eigenvalue weighted by Gasteiger charge is 2.38. The number of anilines is 1. The zero-order valence-corrected chi connectivity index (χ0v) is 17.6. The number of ether oxygens (including phenoxy) is 1. The lowest BCUT2D eigenvalue weighted by Gasteiger charge is -2.30. The van der Waals surface area contributed by atoms with Crippen molar-refractivity contribution in [1.82, 2.24) is 15.0 Å². The first kappa shape index (κ1) is 25.5. The summed E-state index contributed by atoms with van der Waals surface area (Å²) < 4.78 is 89.1. The van der Waals surface area contributed by atoms with Gasteiger partial charge in [-0.25, -0.2) is 0 Å². The molecule has 1 saturated heterocycles. The first-order valence-corrected chi connectivity index (χ1v) is 10.0. The Kier molecular flexibility index (Phi) is 7.82. The number of morpholine rings is 1. The van der Waals surface area contributed by atoms with Gasteiger partial charge in [-0.15, -0.1) is 0 Å². The van der Waals surface area contributed by atoms with Gasteiger partial charge in [-0.1, -0.05) is 5.16 Å². The highest BCUT2D eigenvalue weighted by molar-refractivity contribution is 5.99. The van der Waals surface area contributed by atoms with Gasteiger partial charge in [-0.05, 0) is 18.2 Å². The molecule has 0 radical (unpaired) electrons. The van der Waals surface area contributed by atoms with Gasteiger partial charge in [0.1, 0.15) is 12.8 Å². The van der Waals surface area contributed by atoms with Crippen LogP contribution in [0.15, 0.2) is 35.1 Å². The van der Waals surface area contributed by atoms with Crippen LogP contribution in [0.4, 0.5) is 32.2 Å². The molecule has 1 aromatic carbocycles. The number of nitrogens with one attached hydrogen (secondary N) is 1. The molecular formula is C20H20F6N4O4. The summed E-state index contributed by atoms with van der Waals surface area (Å²) in [6.07, 6.45) is -9.04. The fraction of sp³-hybridized carbons (Fsp3) is 0.450. The summed E-state index contributed by atoms with van der Waals surface area (Å²) in [5.74, 6) is -1.88. The topological polar surface area (TPSA) is 87.9 Å². The summed E-state index contributed by atoms with van der Waals surface area (Å²) in [5, 5.41) is 5.82. The Hall–Kier alpha value is -3.13. The van der Waals surface area contributed by atoms with Crippen molar-refractivity contribution < 1.29 is 45.2 Å². The lowest BCUT2D eigenvalue weighted by molar-refractivity contribution is -0.143. The Balaban J connectivity index is 1.87.